The molecule has 2 aromatic rings. The third-order valence-corrected chi connectivity index (χ3v) is 7.89. The summed E-state index contributed by atoms with van der Waals surface area (Å²) in [5.41, 5.74) is 12.1. The summed E-state index contributed by atoms with van der Waals surface area (Å²) in [7, 11) is 9.26. The first-order valence-electron chi connectivity index (χ1n) is 14.8. The number of rotatable bonds is 9. The van der Waals surface area contributed by atoms with Crippen LogP contribution in [-0.2, 0) is 31.9 Å². The van der Waals surface area contributed by atoms with Gasteiger partial charge < -0.3 is 43.0 Å². The summed E-state index contributed by atoms with van der Waals surface area (Å²) in [5, 5.41) is 13.9. The Kier molecular flexibility index (Phi) is 13.0. The molecule has 0 aromatic heterocycles. The van der Waals surface area contributed by atoms with Gasteiger partial charge in [0, 0.05) is 53.5 Å². The molecule has 4 rings (SSSR count). The number of carbonyl (C=O) groups excluding carboxylic acids is 2. The van der Waals surface area contributed by atoms with Crippen LogP contribution in [0.2, 0.25) is 0 Å². The SMILES string of the molecule is COc1cc2c(c(OC)c1OC)CCC(N=[N+]=[N-])CC2OC(C)=O.COc1cc2c(c(OC)c1OC)CCC(O)CC2OC(C)=O. The van der Waals surface area contributed by atoms with Gasteiger partial charge in [0.25, 0.3) is 0 Å². The molecule has 2 aliphatic carbocycles. The lowest BCUT2D eigenvalue weighted by Gasteiger charge is -2.22. The second kappa shape index (κ2) is 16.7. The topological polar surface area (TPSA) is 177 Å². The van der Waals surface area contributed by atoms with Crippen LogP contribution in [-0.4, -0.2) is 71.8 Å². The van der Waals surface area contributed by atoms with Crippen LogP contribution in [0.25, 0.3) is 10.4 Å². The second-order valence-electron chi connectivity index (χ2n) is 10.7. The van der Waals surface area contributed by atoms with Gasteiger partial charge in [-0.05, 0) is 49.8 Å². The largest absolute Gasteiger partial charge is 0.493 e. The van der Waals surface area contributed by atoms with Crippen LogP contribution in [0.15, 0.2) is 17.2 Å². The molecule has 0 bridgehead atoms. The summed E-state index contributed by atoms with van der Waals surface area (Å²) in [6.07, 6.45) is 1.57. The minimum Gasteiger partial charge on any atom is -0.493 e. The number of azide groups is 1. The van der Waals surface area contributed by atoms with Gasteiger partial charge in [0.2, 0.25) is 11.5 Å². The summed E-state index contributed by atoms with van der Waals surface area (Å²) in [6, 6.07) is 3.32. The third-order valence-electron chi connectivity index (χ3n) is 7.89. The first-order valence-corrected chi connectivity index (χ1v) is 14.8. The molecule has 0 saturated carbocycles. The van der Waals surface area contributed by atoms with Crippen molar-refractivity contribution in [2.24, 2.45) is 5.11 Å². The van der Waals surface area contributed by atoms with Crippen LogP contribution in [0.3, 0.4) is 0 Å². The number of ether oxygens (including phenoxy) is 8. The normalized spacial score (nSPS) is 19.9. The molecule has 0 aliphatic heterocycles. The van der Waals surface area contributed by atoms with Crippen LogP contribution in [0.1, 0.15) is 74.0 Å². The molecule has 4 unspecified atom stereocenters. The quantitative estimate of drug-likeness (QED) is 0.122. The van der Waals surface area contributed by atoms with Crippen molar-refractivity contribution in [1.82, 2.24) is 0 Å². The highest BCUT2D eigenvalue weighted by Gasteiger charge is 2.33. The van der Waals surface area contributed by atoms with Gasteiger partial charge in [-0.1, -0.05) is 5.11 Å². The maximum Gasteiger partial charge on any atom is 0.303 e. The Hall–Kier alpha value is -4.55. The van der Waals surface area contributed by atoms with Crippen LogP contribution in [0.4, 0.5) is 0 Å². The predicted octanol–water partition coefficient (Wildman–Crippen LogP) is 5.35. The number of hydrogen-bond acceptors (Lipinski definition) is 12. The Morgan fingerprint density at radius 1 is 0.717 bits per heavy atom. The van der Waals surface area contributed by atoms with Gasteiger partial charge >= 0.3 is 11.9 Å². The molecule has 0 saturated heterocycles. The summed E-state index contributed by atoms with van der Waals surface area (Å²) in [4.78, 5) is 25.8. The van der Waals surface area contributed by atoms with E-state index in [1.54, 1.807) is 33.5 Å². The fraction of sp³-hybridized carbons (Fsp3) is 0.562. The summed E-state index contributed by atoms with van der Waals surface area (Å²) in [5.74, 6) is 2.30. The minimum absolute atomic E-state index is 0.270. The molecular weight excluding hydrogens is 602 g/mol. The number of carbonyl (C=O) groups is 2. The molecule has 0 heterocycles. The molecule has 0 fully saturated rings. The number of hydrogen-bond donors (Lipinski definition) is 1. The number of nitrogens with zero attached hydrogens (tertiary/aromatic N) is 3. The van der Waals surface area contributed by atoms with Crippen molar-refractivity contribution in [2.75, 3.05) is 42.7 Å². The van der Waals surface area contributed by atoms with Gasteiger partial charge in [0.05, 0.1) is 48.8 Å². The van der Waals surface area contributed by atoms with Crippen molar-refractivity contribution in [1.29, 1.82) is 0 Å². The van der Waals surface area contributed by atoms with Crippen molar-refractivity contribution in [2.45, 2.75) is 76.7 Å². The Morgan fingerprint density at radius 3 is 1.54 bits per heavy atom. The molecule has 2 aliphatic rings. The van der Waals surface area contributed by atoms with Crippen LogP contribution in [0, 0.1) is 0 Å². The highest BCUT2D eigenvalue weighted by molar-refractivity contribution is 5.68. The highest BCUT2D eigenvalue weighted by atomic mass is 16.6. The summed E-state index contributed by atoms with van der Waals surface area (Å²) < 4.78 is 43.4. The average molecular weight is 646 g/mol. The molecular formula is C32H43N3O11. The number of fused-ring (bicyclic) bond motifs is 2. The van der Waals surface area contributed by atoms with Crippen molar-refractivity contribution in [3.63, 3.8) is 0 Å². The van der Waals surface area contributed by atoms with Gasteiger partial charge in [-0.15, -0.1) is 0 Å². The van der Waals surface area contributed by atoms with E-state index >= 15 is 0 Å². The van der Waals surface area contributed by atoms with Crippen LogP contribution in [0.5, 0.6) is 34.5 Å². The molecule has 0 radical (unpaired) electrons. The van der Waals surface area contributed by atoms with Crippen molar-refractivity contribution in [3.05, 3.63) is 44.8 Å². The van der Waals surface area contributed by atoms with Gasteiger partial charge in [-0.3, -0.25) is 9.59 Å². The number of aliphatic hydroxyl groups excluding tert-OH is 1. The number of methoxy groups -OCH3 is 6. The molecule has 46 heavy (non-hydrogen) atoms. The molecule has 4 atom stereocenters. The van der Waals surface area contributed by atoms with E-state index in [4.69, 9.17) is 43.4 Å². The molecule has 2 aromatic carbocycles. The first kappa shape index (κ1) is 35.9. The van der Waals surface area contributed by atoms with Crippen molar-refractivity contribution < 1.29 is 52.6 Å². The number of aliphatic hydroxyl groups is 1. The van der Waals surface area contributed by atoms with Crippen molar-refractivity contribution >= 4 is 11.9 Å². The van der Waals surface area contributed by atoms with E-state index in [2.05, 4.69) is 10.0 Å². The maximum atomic E-state index is 11.5. The van der Waals surface area contributed by atoms with Gasteiger partial charge in [0.15, 0.2) is 23.0 Å². The highest BCUT2D eigenvalue weighted by Crippen LogP contribution is 2.48. The van der Waals surface area contributed by atoms with Crippen LogP contribution < -0.4 is 28.4 Å². The Balaban J connectivity index is 0.000000251. The Morgan fingerprint density at radius 2 is 1.15 bits per heavy atom. The van der Waals surface area contributed by atoms with Gasteiger partial charge in [-0.25, -0.2) is 0 Å². The van der Waals surface area contributed by atoms with E-state index in [0.29, 0.717) is 73.0 Å². The van der Waals surface area contributed by atoms with E-state index in [9.17, 15) is 14.7 Å². The lowest BCUT2D eigenvalue weighted by atomic mass is 9.98. The Bertz CT molecular complexity index is 1440. The zero-order valence-corrected chi connectivity index (χ0v) is 27.6. The standard InChI is InChI=1S/C16H21N3O5.C16H22O6/c1-9(20)24-13-7-10(18-19-17)5-6-11-12(13)8-14(21-2)16(23-4)15(11)22-3;1-9(17)22-13-7-10(18)5-6-11-12(13)8-14(19-2)16(21-4)15(11)20-3/h8,10,13H,5-7H2,1-4H3;8,10,13,18H,5-7H2,1-4H3. The average Bonchev–Trinajstić information content (AvgIpc) is 3.29. The van der Waals surface area contributed by atoms with E-state index in [1.807, 2.05) is 0 Å². The fourth-order valence-electron chi connectivity index (χ4n) is 5.97. The molecule has 14 nitrogen and oxygen atoms in total. The lowest BCUT2D eigenvalue weighted by molar-refractivity contribution is -0.148. The number of esters is 2. The van der Waals surface area contributed by atoms with Gasteiger partial charge in [0.1, 0.15) is 12.2 Å². The second-order valence-corrected chi connectivity index (χ2v) is 10.7. The number of benzene rings is 2. The molecule has 0 amide bonds. The first-order chi connectivity index (χ1) is 22.1. The predicted molar refractivity (Wildman–Crippen MR) is 166 cm³/mol. The van der Waals surface area contributed by atoms with E-state index in [1.165, 1.54) is 35.2 Å². The molecule has 252 valence electrons. The summed E-state index contributed by atoms with van der Waals surface area (Å²) >= 11 is 0. The third kappa shape index (κ3) is 8.18. The molecule has 1 N–H and O–H groups in total. The van der Waals surface area contributed by atoms with Crippen molar-refractivity contribution in [3.8, 4) is 34.5 Å². The smallest absolute Gasteiger partial charge is 0.303 e. The summed E-state index contributed by atoms with van der Waals surface area (Å²) in [6.45, 7) is 2.71. The zero-order valence-electron chi connectivity index (χ0n) is 27.6. The monoisotopic (exact) mass is 645 g/mol. The van der Waals surface area contributed by atoms with E-state index in [0.717, 1.165) is 22.3 Å². The Labute approximate surface area is 268 Å². The molecule has 0 spiro atoms. The van der Waals surface area contributed by atoms with Crippen LogP contribution >= 0.6 is 0 Å². The van der Waals surface area contributed by atoms with E-state index < -0.39 is 24.3 Å². The van der Waals surface area contributed by atoms with Gasteiger partial charge in [-0.2, -0.15) is 0 Å². The lowest BCUT2D eigenvalue weighted by Crippen LogP contribution is -2.15. The zero-order chi connectivity index (χ0) is 34.0. The molecule has 14 heteroatoms. The maximum absolute atomic E-state index is 11.5. The van der Waals surface area contributed by atoms with E-state index in [-0.39, 0.29) is 12.0 Å². The minimum atomic E-state index is -0.543. The fourth-order valence-corrected chi connectivity index (χ4v) is 5.97.